The Balaban J connectivity index is 2.31. The molecule has 0 aliphatic rings. The molecule has 2 aromatic rings. The van der Waals surface area contributed by atoms with Gasteiger partial charge in [-0.2, -0.15) is 0 Å². The number of nitrogens with zero attached hydrogens (tertiary/aromatic N) is 1. The van der Waals surface area contributed by atoms with E-state index < -0.39 is 12.1 Å². The van der Waals surface area contributed by atoms with Gasteiger partial charge >= 0.3 is 0 Å². The van der Waals surface area contributed by atoms with E-state index in [-0.39, 0.29) is 4.92 Å². The van der Waals surface area contributed by atoms with Gasteiger partial charge in [-0.3, -0.25) is 10.1 Å². The maximum atomic E-state index is 11.4. The minimum Gasteiger partial charge on any atom is -0.497 e. The number of hydrogen-bond donors (Lipinski definition) is 1. The van der Waals surface area contributed by atoms with Crippen LogP contribution in [0.25, 0.3) is 0 Å². The quantitative estimate of drug-likeness (QED) is 0.595. The van der Waals surface area contributed by atoms with Gasteiger partial charge in [0.2, 0.25) is 6.04 Å². The summed E-state index contributed by atoms with van der Waals surface area (Å²) in [7, 11) is 1.60. The second kappa shape index (κ2) is 7.83. The fourth-order valence-corrected chi connectivity index (χ4v) is 2.57. The number of methoxy groups -OCH3 is 1. The summed E-state index contributed by atoms with van der Waals surface area (Å²) in [5.74, 6) is 0.736. The lowest BCUT2D eigenvalue weighted by Gasteiger charge is -2.23. The van der Waals surface area contributed by atoms with E-state index >= 15 is 0 Å². The van der Waals surface area contributed by atoms with Crippen LogP contribution in [0.2, 0.25) is 5.02 Å². The maximum Gasteiger partial charge on any atom is 0.236 e. The van der Waals surface area contributed by atoms with Crippen molar-refractivity contribution in [2.24, 2.45) is 0 Å². The van der Waals surface area contributed by atoms with E-state index in [9.17, 15) is 10.1 Å². The number of nitro groups is 1. The molecule has 0 heterocycles. The number of hydrogen-bond acceptors (Lipinski definition) is 4. The van der Waals surface area contributed by atoms with Gasteiger partial charge in [0.15, 0.2) is 0 Å². The highest BCUT2D eigenvalue weighted by atomic mass is 35.5. The monoisotopic (exact) mass is 334 g/mol. The molecule has 0 unspecified atom stereocenters. The lowest BCUT2D eigenvalue weighted by Crippen LogP contribution is -2.32. The van der Waals surface area contributed by atoms with E-state index in [0.717, 1.165) is 17.0 Å². The van der Waals surface area contributed by atoms with Crippen molar-refractivity contribution in [1.29, 1.82) is 0 Å². The van der Waals surface area contributed by atoms with Crippen LogP contribution in [0, 0.1) is 10.1 Å². The van der Waals surface area contributed by atoms with Gasteiger partial charge in [-0.1, -0.05) is 30.7 Å². The van der Waals surface area contributed by atoms with Gasteiger partial charge < -0.3 is 10.1 Å². The van der Waals surface area contributed by atoms with Crippen LogP contribution >= 0.6 is 11.6 Å². The van der Waals surface area contributed by atoms with Crippen LogP contribution in [0.15, 0.2) is 48.5 Å². The first-order valence-electron chi connectivity index (χ1n) is 7.34. The molecule has 0 aliphatic heterocycles. The minimum absolute atomic E-state index is 0.240. The van der Waals surface area contributed by atoms with Crippen LogP contribution in [0.1, 0.15) is 24.9 Å². The molecule has 2 aromatic carbocycles. The third kappa shape index (κ3) is 4.36. The van der Waals surface area contributed by atoms with E-state index in [2.05, 4.69) is 5.32 Å². The Morgan fingerprint density at radius 1 is 1.17 bits per heavy atom. The van der Waals surface area contributed by atoms with Gasteiger partial charge in [0.05, 0.1) is 7.11 Å². The third-order valence-corrected chi connectivity index (χ3v) is 3.97. The van der Waals surface area contributed by atoms with Crippen molar-refractivity contribution in [3.8, 4) is 5.75 Å². The fraction of sp³-hybridized carbons (Fsp3) is 0.294. The van der Waals surface area contributed by atoms with Crippen molar-refractivity contribution in [2.75, 3.05) is 12.4 Å². The molecule has 0 amide bonds. The van der Waals surface area contributed by atoms with E-state index in [1.165, 1.54) is 0 Å². The SMILES string of the molecule is CC[C@H]([C@@H](Nc1ccc(OC)cc1)c1ccc(Cl)cc1)[N+](=O)[O-]. The molecule has 0 aliphatic carbocycles. The highest BCUT2D eigenvalue weighted by Gasteiger charge is 2.31. The van der Waals surface area contributed by atoms with Crippen molar-refractivity contribution in [2.45, 2.75) is 25.4 Å². The molecule has 0 bridgehead atoms. The van der Waals surface area contributed by atoms with Crippen LogP contribution in [-0.2, 0) is 0 Å². The first kappa shape index (κ1) is 17.1. The van der Waals surface area contributed by atoms with Gasteiger partial charge in [0, 0.05) is 22.1 Å². The van der Waals surface area contributed by atoms with Crippen molar-refractivity contribution < 1.29 is 9.66 Å². The molecule has 23 heavy (non-hydrogen) atoms. The molecule has 2 rings (SSSR count). The Kier molecular flexibility index (Phi) is 5.82. The largest absolute Gasteiger partial charge is 0.497 e. The molecule has 5 nitrogen and oxygen atoms in total. The molecule has 1 N–H and O–H groups in total. The first-order chi connectivity index (χ1) is 11.0. The highest BCUT2D eigenvalue weighted by molar-refractivity contribution is 6.30. The van der Waals surface area contributed by atoms with Gasteiger partial charge in [-0.15, -0.1) is 0 Å². The molecular formula is C17H19ClN2O3. The summed E-state index contributed by atoms with van der Waals surface area (Å²) >= 11 is 5.92. The molecule has 0 saturated carbocycles. The number of nitrogens with one attached hydrogen (secondary N) is 1. The lowest BCUT2D eigenvalue weighted by atomic mass is 9.97. The average molecular weight is 335 g/mol. The topological polar surface area (TPSA) is 64.4 Å². The van der Waals surface area contributed by atoms with Gasteiger partial charge in [-0.25, -0.2) is 0 Å². The lowest BCUT2D eigenvalue weighted by molar-refractivity contribution is -0.526. The van der Waals surface area contributed by atoms with Gasteiger partial charge in [-0.05, 0) is 42.0 Å². The van der Waals surface area contributed by atoms with Crippen molar-refractivity contribution in [1.82, 2.24) is 0 Å². The predicted octanol–water partition coefficient (Wildman–Crippen LogP) is 4.56. The summed E-state index contributed by atoms with van der Waals surface area (Å²) in [6.07, 6.45) is 0.420. The number of ether oxygens (including phenoxy) is 1. The predicted molar refractivity (Wildman–Crippen MR) is 91.9 cm³/mol. The van der Waals surface area contributed by atoms with Crippen LogP contribution in [0.4, 0.5) is 5.69 Å². The summed E-state index contributed by atoms with van der Waals surface area (Å²) in [5, 5.41) is 15.3. The molecule has 0 radical (unpaired) electrons. The normalized spacial score (nSPS) is 13.2. The Labute approximate surface area is 140 Å². The van der Waals surface area contributed by atoms with E-state index in [0.29, 0.717) is 11.4 Å². The molecule has 122 valence electrons. The van der Waals surface area contributed by atoms with Crippen molar-refractivity contribution >= 4 is 17.3 Å². The summed E-state index contributed by atoms with van der Waals surface area (Å²) in [6, 6.07) is 13.2. The Morgan fingerprint density at radius 2 is 1.78 bits per heavy atom. The van der Waals surface area contributed by atoms with Crippen LogP contribution < -0.4 is 10.1 Å². The Hall–Kier alpha value is -2.27. The van der Waals surface area contributed by atoms with E-state index in [1.54, 1.807) is 19.2 Å². The second-order valence-corrected chi connectivity index (χ2v) is 5.60. The molecule has 2 atom stereocenters. The van der Waals surface area contributed by atoms with Crippen LogP contribution in [0.3, 0.4) is 0 Å². The number of halogens is 1. The molecule has 0 fully saturated rings. The molecule has 0 saturated heterocycles. The third-order valence-electron chi connectivity index (χ3n) is 3.72. The summed E-state index contributed by atoms with van der Waals surface area (Å²) in [6.45, 7) is 1.81. The van der Waals surface area contributed by atoms with Crippen molar-refractivity contribution in [3.05, 3.63) is 69.2 Å². The first-order valence-corrected chi connectivity index (χ1v) is 7.72. The van der Waals surface area contributed by atoms with E-state index in [1.807, 2.05) is 43.3 Å². The zero-order chi connectivity index (χ0) is 16.8. The Morgan fingerprint density at radius 3 is 2.26 bits per heavy atom. The average Bonchev–Trinajstić information content (AvgIpc) is 2.56. The zero-order valence-electron chi connectivity index (χ0n) is 13.0. The second-order valence-electron chi connectivity index (χ2n) is 5.16. The molecule has 0 spiro atoms. The van der Waals surface area contributed by atoms with Gasteiger partial charge in [0.1, 0.15) is 11.8 Å². The number of rotatable bonds is 7. The summed E-state index contributed by atoms with van der Waals surface area (Å²) in [4.78, 5) is 11.2. The van der Waals surface area contributed by atoms with Crippen molar-refractivity contribution in [3.63, 3.8) is 0 Å². The zero-order valence-corrected chi connectivity index (χ0v) is 13.8. The highest BCUT2D eigenvalue weighted by Crippen LogP contribution is 2.28. The standard InChI is InChI=1S/C17H19ClN2O3/c1-3-16(20(21)22)17(12-4-6-13(18)7-5-12)19-14-8-10-15(23-2)11-9-14/h4-11,16-17,19H,3H2,1-2H3/t16-,17+/m1/s1. The van der Waals surface area contributed by atoms with Crippen LogP contribution in [-0.4, -0.2) is 18.1 Å². The maximum absolute atomic E-state index is 11.4. The molecule has 6 heteroatoms. The van der Waals surface area contributed by atoms with Crippen LogP contribution in [0.5, 0.6) is 5.75 Å². The Bertz CT molecular complexity index is 644. The fourth-order valence-electron chi connectivity index (χ4n) is 2.45. The number of benzene rings is 2. The smallest absolute Gasteiger partial charge is 0.236 e. The van der Waals surface area contributed by atoms with Gasteiger partial charge in [0.25, 0.3) is 0 Å². The minimum atomic E-state index is -0.738. The molecular weight excluding hydrogens is 316 g/mol. The summed E-state index contributed by atoms with van der Waals surface area (Å²) in [5.41, 5.74) is 1.62. The van der Waals surface area contributed by atoms with E-state index in [4.69, 9.17) is 16.3 Å². The number of anilines is 1. The molecule has 0 aromatic heterocycles. The summed E-state index contributed by atoms with van der Waals surface area (Å²) < 4.78 is 5.13.